The van der Waals surface area contributed by atoms with Crippen LogP contribution >= 0.6 is 0 Å². The minimum absolute atomic E-state index is 0.00768. The van der Waals surface area contributed by atoms with E-state index in [4.69, 9.17) is 23.7 Å². The van der Waals surface area contributed by atoms with Gasteiger partial charge < -0.3 is 29.2 Å². The molecule has 0 amide bonds. The highest BCUT2D eigenvalue weighted by Gasteiger charge is 2.57. The minimum atomic E-state index is -1.14. The van der Waals surface area contributed by atoms with Crippen molar-refractivity contribution in [3.8, 4) is 23.0 Å². The van der Waals surface area contributed by atoms with Crippen LogP contribution in [0.1, 0.15) is 36.8 Å². The van der Waals surface area contributed by atoms with Crippen molar-refractivity contribution in [1.29, 1.82) is 0 Å². The molecule has 0 aromatic heterocycles. The standard InChI is InChI=1S/C22H26O7/c1-25-15-5-7-19-17(13-15)21(9-3-11-23)28-20-8-6-16(26-2)14-18(20)22(27-19,29-21)10-4-12-24/h5-8,13-14,23-24H,3-4,9-12H2,1-2H3. The lowest BCUT2D eigenvalue weighted by molar-refractivity contribution is -0.363. The van der Waals surface area contributed by atoms with E-state index in [1.165, 1.54) is 0 Å². The van der Waals surface area contributed by atoms with Crippen LogP contribution in [0.4, 0.5) is 0 Å². The summed E-state index contributed by atoms with van der Waals surface area (Å²) in [4.78, 5) is 0. The third kappa shape index (κ3) is 3.29. The molecular formula is C22H26O7. The maximum Gasteiger partial charge on any atom is 0.244 e. The number of fused-ring (bicyclic) bond motifs is 6. The van der Waals surface area contributed by atoms with Crippen LogP contribution in [0.2, 0.25) is 0 Å². The van der Waals surface area contributed by atoms with Crippen molar-refractivity contribution in [2.45, 2.75) is 37.3 Å². The molecule has 2 N–H and O–H groups in total. The summed E-state index contributed by atoms with van der Waals surface area (Å²) in [6.45, 7) is 0.0154. The topological polar surface area (TPSA) is 86.6 Å². The van der Waals surface area contributed by atoms with Crippen molar-refractivity contribution < 1.29 is 33.9 Å². The van der Waals surface area contributed by atoms with Gasteiger partial charge in [0.1, 0.15) is 23.0 Å². The summed E-state index contributed by atoms with van der Waals surface area (Å²) in [5.41, 5.74) is 1.43. The predicted octanol–water partition coefficient (Wildman–Crippen LogP) is 3.06. The number of hydrogen-bond acceptors (Lipinski definition) is 7. The Morgan fingerprint density at radius 2 is 1.21 bits per heavy atom. The SMILES string of the molecule is COc1ccc2c(c1)C1(CCCO)Oc3ccc(OC)cc3C(CCCO)(O2)O1. The number of aliphatic hydroxyl groups excluding tert-OH is 2. The first-order valence-electron chi connectivity index (χ1n) is 9.77. The van der Waals surface area contributed by atoms with Crippen molar-refractivity contribution in [3.05, 3.63) is 47.5 Å². The molecule has 2 aliphatic rings. The summed E-state index contributed by atoms with van der Waals surface area (Å²) in [5.74, 6) is 0.296. The van der Waals surface area contributed by atoms with Gasteiger partial charge in [0.05, 0.1) is 25.3 Å². The molecule has 0 fully saturated rings. The highest BCUT2D eigenvalue weighted by atomic mass is 16.8. The van der Waals surface area contributed by atoms with E-state index in [9.17, 15) is 10.2 Å². The van der Waals surface area contributed by atoms with Gasteiger partial charge in [0.2, 0.25) is 11.6 Å². The van der Waals surface area contributed by atoms with E-state index < -0.39 is 11.6 Å². The smallest absolute Gasteiger partial charge is 0.244 e. The Labute approximate surface area is 169 Å². The average Bonchev–Trinajstić information content (AvgIpc) is 2.76. The fourth-order valence-electron chi connectivity index (χ4n) is 4.03. The number of methoxy groups -OCH3 is 2. The molecule has 2 aromatic carbocycles. The van der Waals surface area contributed by atoms with Gasteiger partial charge in [-0.25, -0.2) is 0 Å². The van der Waals surface area contributed by atoms with E-state index in [1.54, 1.807) is 14.2 Å². The summed E-state index contributed by atoms with van der Waals surface area (Å²) >= 11 is 0. The van der Waals surface area contributed by atoms with Crippen molar-refractivity contribution >= 4 is 0 Å². The Morgan fingerprint density at radius 1 is 0.759 bits per heavy atom. The summed E-state index contributed by atoms with van der Waals surface area (Å²) < 4.78 is 30.2. The van der Waals surface area contributed by atoms with Gasteiger partial charge in [-0.2, -0.15) is 0 Å². The van der Waals surface area contributed by atoms with Crippen LogP contribution < -0.4 is 18.9 Å². The number of ether oxygens (including phenoxy) is 5. The molecule has 0 spiro atoms. The second-order valence-electron chi connectivity index (χ2n) is 7.19. The monoisotopic (exact) mass is 402 g/mol. The molecule has 2 atom stereocenters. The van der Waals surface area contributed by atoms with Gasteiger partial charge in [-0.15, -0.1) is 0 Å². The van der Waals surface area contributed by atoms with Gasteiger partial charge >= 0.3 is 0 Å². The molecule has 2 bridgehead atoms. The van der Waals surface area contributed by atoms with Crippen LogP contribution in [0.3, 0.4) is 0 Å². The Balaban J connectivity index is 1.91. The summed E-state index contributed by atoms with van der Waals surface area (Å²) in [6.07, 6.45) is 1.83. The Morgan fingerprint density at radius 3 is 1.59 bits per heavy atom. The highest BCUT2D eigenvalue weighted by Crippen LogP contribution is 2.57. The minimum Gasteiger partial charge on any atom is -0.497 e. The number of rotatable bonds is 8. The fraction of sp³-hybridized carbons (Fsp3) is 0.455. The van der Waals surface area contributed by atoms with Crippen LogP contribution in [0, 0.1) is 0 Å². The van der Waals surface area contributed by atoms with Crippen molar-refractivity contribution in [2.24, 2.45) is 0 Å². The van der Waals surface area contributed by atoms with Gasteiger partial charge in [-0.1, -0.05) is 0 Å². The Kier molecular flexibility index (Phi) is 5.29. The molecule has 2 aromatic rings. The second kappa shape index (κ2) is 7.74. The number of benzene rings is 2. The maximum absolute atomic E-state index is 9.49. The van der Waals surface area contributed by atoms with Gasteiger partial charge in [0.25, 0.3) is 0 Å². The van der Waals surface area contributed by atoms with E-state index in [0.29, 0.717) is 59.8 Å². The second-order valence-corrected chi connectivity index (χ2v) is 7.19. The number of aliphatic hydroxyl groups is 2. The molecule has 0 saturated heterocycles. The Bertz CT molecular complexity index is 812. The highest BCUT2D eigenvalue weighted by molar-refractivity contribution is 5.51. The first-order valence-corrected chi connectivity index (χ1v) is 9.77. The van der Waals surface area contributed by atoms with Gasteiger partial charge in [-0.05, 0) is 49.2 Å². The molecule has 4 rings (SSSR count). The zero-order valence-corrected chi connectivity index (χ0v) is 16.6. The third-order valence-electron chi connectivity index (χ3n) is 5.40. The van der Waals surface area contributed by atoms with Crippen molar-refractivity contribution in [3.63, 3.8) is 0 Å². The van der Waals surface area contributed by atoms with Gasteiger partial charge in [-0.3, -0.25) is 4.74 Å². The summed E-state index contributed by atoms with van der Waals surface area (Å²) in [7, 11) is 3.20. The lowest BCUT2D eigenvalue weighted by Crippen LogP contribution is -2.55. The number of hydrogen-bond donors (Lipinski definition) is 2. The van der Waals surface area contributed by atoms with Crippen LogP contribution in [-0.4, -0.2) is 37.6 Å². The molecule has 2 heterocycles. The van der Waals surface area contributed by atoms with E-state index in [-0.39, 0.29) is 13.2 Å². The molecule has 7 heteroatoms. The van der Waals surface area contributed by atoms with Gasteiger partial charge in [0.15, 0.2) is 0 Å². The van der Waals surface area contributed by atoms with Crippen LogP contribution in [-0.2, 0) is 16.3 Å². The first kappa shape index (κ1) is 19.8. The largest absolute Gasteiger partial charge is 0.497 e. The Hall–Kier alpha value is -2.48. The summed E-state index contributed by atoms with van der Waals surface area (Å²) in [5, 5.41) is 19.0. The zero-order chi connectivity index (χ0) is 20.5. The molecule has 156 valence electrons. The molecule has 2 aliphatic heterocycles. The summed E-state index contributed by atoms with van der Waals surface area (Å²) in [6, 6.07) is 11.0. The molecule has 29 heavy (non-hydrogen) atoms. The average molecular weight is 402 g/mol. The lowest BCUT2D eigenvalue weighted by Gasteiger charge is -2.52. The van der Waals surface area contributed by atoms with E-state index in [0.717, 1.165) is 0 Å². The van der Waals surface area contributed by atoms with E-state index in [2.05, 4.69) is 0 Å². The van der Waals surface area contributed by atoms with Crippen LogP contribution in [0.5, 0.6) is 23.0 Å². The fourth-order valence-corrected chi connectivity index (χ4v) is 4.03. The van der Waals surface area contributed by atoms with Crippen LogP contribution in [0.25, 0.3) is 0 Å². The lowest BCUT2D eigenvalue weighted by atomic mass is 9.89. The first-order chi connectivity index (χ1) is 14.1. The van der Waals surface area contributed by atoms with E-state index in [1.807, 2.05) is 36.4 Å². The molecule has 2 unspecified atom stereocenters. The molecule has 0 aliphatic carbocycles. The van der Waals surface area contributed by atoms with Crippen molar-refractivity contribution in [2.75, 3.05) is 27.4 Å². The normalized spacial score (nSPS) is 24.0. The van der Waals surface area contributed by atoms with Crippen LogP contribution in [0.15, 0.2) is 36.4 Å². The van der Waals surface area contributed by atoms with Gasteiger partial charge in [0, 0.05) is 26.1 Å². The maximum atomic E-state index is 9.49. The molecule has 0 radical (unpaired) electrons. The zero-order valence-electron chi connectivity index (χ0n) is 16.6. The van der Waals surface area contributed by atoms with Crippen molar-refractivity contribution in [1.82, 2.24) is 0 Å². The molecule has 7 nitrogen and oxygen atoms in total. The molecular weight excluding hydrogens is 376 g/mol. The quantitative estimate of drug-likeness (QED) is 0.702. The molecule has 0 saturated carbocycles. The predicted molar refractivity (Wildman–Crippen MR) is 104 cm³/mol. The third-order valence-corrected chi connectivity index (χ3v) is 5.40. The van der Waals surface area contributed by atoms with E-state index >= 15 is 0 Å².